The summed E-state index contributed by atoms with van der Waals surface area (Å²) in [5, 5.41) is 3.74. The van der Waals surface area contributed by atoms with Crippen LogP contribution in [0.25, 0.3) is 0 Å². The molecule has 5 rings (SSSR count). The largest absolute Gasteiger partial charge is 0.486 e. The van der Waals surface area contributed by atoms with Gasteiger partial charge in [0.15, 0.2) is 23.0 Å². The Labute approximate surface area is 153 Å². The monoisotopic (exact) mass is 353 g/mol. The van der Waals surface area contributed by atoms with Crippen molar-refractivity contribution < 1.29 is 18.9 Å². The van der Waals surface area contributed by atoms with Crippen molar-refractivity contribution in [1.29, 1.82) is 0 Å². The van der Waals surface area contributed by atoms with Crippen LogP contribution in [0.15, 0.2) is 36.4 Å². The van der Waals surface area contributed by atoms with E-state index in [0.29, 0.717) is 38.4 Å². The number of para-hydroxylation sites is 1. The second kappa shape index (κ2) is 6.72. The molecule has 2 heterocycles. The third-order valence-electron chi connectivity index (χ3n) is 5.18. The quantitative estimate of drug-likeness (QED) is 0.892. The molecule has 1 unspecified atom stereocenters. The van der Waals surface area contributed by atoms with E-state index >= 15 is 0 Å². The Bertz CT molecular complexity index is 803. The zero-order chi connectivity index (χ0) is 17.3. The summed E-state index contributed by atoms with van der Waals surface area (Å²) in [6, 6.07) is 12.7. The lowest BCUT2D eigenvalue weighted by molar-refractivity contribution is 0.169. The van der Waals surface area contributed by atoms with Gasteiger partial charge in [-0.15, -0.1) is 0 Å². The van der Waals surface area contributed by atoms with Crippen LogP contribution in [0.2, 0.25) is 0 Å². The molecule has 1 N–H and O–H groups in total. The molecule has 0 amide bonds. The highest BCUT2D eigenvalue weighted by atomic mass is 16.6. The smallest absolute Gasteiger partial charge is 0.165 e. The predicted octanol–water partition coefficient (Wildman–Crippen LogP) is 3.47. The van der Waals surface area contributed by atoms with Crippen molar-refractivity contribution in [2.24, 2.45) is 5.92 Å². The van der Waals surface area contributed by atoms with Gasteiger partial charge in [0, 0.05) is 18.2 Å². The van der Waals surface area contributed by atoms with E-state index in [-0.39, 0.29) is 0 Å². The van der Waals surface area contributed by atoms with Gasteiger partial charge in [-0.3, -0.25) is 0 Å². The second-order valence-corrected chi connectivity index (χ2v) is 7.04. The minimum Gasteiger partial charge on any atom is -0.486 e. The van der Waals surface area contributed by atoms with E-state index in [1.165, 1.54) is 18.4 Å². The van der Waals surface area contributed by atoms with Crippen LogP contribution in [0.3, 0.4) is 0 Å². The van der Waals surface area contributed by atoms with Crippen LogP contribution in [0, 0.1) is 5.92 Å². The molecular weight excluding hydrogens is 330 g/mol. The maximum absolute atomic E-state index is 5.84. The molecule has 136 valence electrons. The van der Waals surface area contributed by atoms with Crippen LogP contribution in [-0.2, 0) is 6.54 Å². The van der Waals surface area contributed by atoms with Gasteiger partial charge in [0.05, 0.1) is 0 Å². The van der Waals surface area contributed by atoms with Crippen molar-refractivity contribution in [2.45, 2.75) is 25.4 Å². The molecule has 2 aliphatic heterocycles. The van der Waals surface area contributed by atoms with Gasteiger partial charge >= 0.3 is 0 Å². The molecule has 2 aromatic rings. The average molecular weight is 353 g/mol. The summed E-state index contributed by atoms with van der Waals surface area (Å²) in [5.74, 6) is 4.10. The van der Waals surface area contributed by atoms with Crippen molar-refractivity contribution in [2.75, 3.05) is 26.4 Å². The third kappa shape index (κ3) is 3.07. The SMILES string of the molecule is c1cc(CNC(c2ccc3c(c2)OCCO3)C2CC2)c2c(c1)OCCO2. The molecular formula is C21H23NO4. The summed E-state index contributed by atoms with van der Waals surface area (Å²) in [6.07, 6.45) is 2.53. The van der Waals surface area contributed by atoms with E-state index in [2.05, 4.69) is 23.5 Å². The molecule has 26 heavy (non-hydrogen) atoms. The molecule has 0 bridgehead atoms. The van der Waals surface area contributed by atoms with Gasteiger partial charge in [-0.05, 0) is 42.5 Å². The zero-order valence-corrected chi connectivity index (χ0v) is 14.7. The Morgan fingerprint density at radius 2 is 1.62 bits per heavy atom. The van der Waals surface area contributed by atoms with Gasteiger partial charge in [0.2, 0.25) is 0 Å². The highest BCUT2D eigenvalue weighted by Crippen LogP contribution is 2.44. The summed E-state index contributed by atoms with van der Waals surface area (Å²) < 4.78 is 22.9. The molecule has 0 spiro atoms. The Morgan fingerprint density at radius 3 is 2.46 bits per heavy atom. The fourth-order valence-corrected chi connectivity index (χ4v) is 3.73. The van der Waals surface area contributed by atoms with E-state index in [1.54, 1.807) is 0 Å². The van der Waals surface area contributed by atoms with Crippen molar-refractivity contribution in [3.05, 3.63) is 47.5 Å². The third-order valence-corrected chi connectivity index (χ3v) is 5.18. The lowest BCUT2D eigenvalue weighted by Crippen LogP contribution is -2.24. The summed E-state index contributed by atoms with van der Waals surface area (Å²) in [7, 11) is 0. The first-order valence-electron chi connectivity index (χ1n) is 9.39. The highest BCUT2D eigenvalue weighted by molar-refractivity contribution is 5.48. The molecule has 3 aliphatic rings. The standard InChI is InChI=1S/C21H23NO4/c1-2-16(21-18(3-1)24-10-11-26-21)13-22-20(14-4-5-14)15-6-7-17-19(12-15)25-9-8-23-17/h1-3,6-7,12,14,20,22H,4-5,8-11,13H2. The fourth-order valence-electron chi connectivity index (χ4n) is 3.73. The molecule has 0 radical (unpaired) electrons. The van der Waals surface area contributed by atoms with E-state index < -0.39 is 0 Å². The number of rotatable bonds is 5. The first kappa shape index (κ1) is 15.8. The summed E-state index contributed by atoms with van der Waals surface area (Å²) in [5.41, 5.74) is 2.41. The number of fused-ring (bicyclic) bond motifs is 2. The molecule has 2 aromatic carbocycles. The van der Waals surface area contributed by atoms with Gasteiger partial charge in [-0.25, -0.2) is 0 Å². The van der Waals surface area contributed by atoms with Gasteiger partial charge in [0.1, 0.15) is 26.4 Å². The zero-order valence-electron chi connectivity index (χ0n) is 14.7. The number of hydrogen-bond acceptors (Lipinski definition) is 5. The van der Waals surface area contributed by atoms with E-state index in [1.807, 2.05) is 18.2 Å². The predicted molar refractivity (Wildman–Crippen MR) is 97.2 cm³/mol. The summed E-state index contributed by atoms with van der Waals surface area (Å²) >= 11 is 0. The van der Waals surface area contributed by atoms with Crippen LogP contribution in [0.4, 0.5) is 0 Å². The van der Waals surface area contributed by atoms with Crippen LogP contribution in [0.5, 0.6) is 23.0 Å². The van der Waals surface area contributed by atoms with Gasteiger partial charge in [0.25, 0.3) is 0 Å². The summed E-state index contributed by atoms with van der Waals surface area (Å²) in [4.78, 5) is 0. The van der Waals surface area contributed by atoms with E-state index in [9.17, 15) is 0 Å². The Hall–Kier alpha value is -2.40. The summed E-state index contributed by atoms with van der Waals surface area (Å²) in [6.45, 7) is 3.22. The van der Waals surface area contributed by atoms with Crippen molar-refractivity contribution in [3.63, 3.8) is 0 Å². The topological polar surface area (TPSA) is 49.0 Å². The molecule has 1 saturated carbocycles. The number of benzene rings is 2. The average Bonchev–Trinajstić information content (AvgIpc) is 3.53. The number of hydrogen-bond donors (Lipinski definition) is 1. The van der Waals surface area contributed by atoms with Gasteiger partial charge in [-0.1, -0.05) is 18.2 Å². The van der Waals surface area contributed by atoms with Crippen molar-refractivity contribution >= 4 is 0 Å². The van der Waals surface area contributed by atoms with Crippen LogP contribution in [-0.4, -0.2) is 26.4 Å². The van der Waals surface area contributed by atoms with Crippen molar-refractivity contribution in [3.8, 4) is 23.0 Å². The maximum atomic E-state index is 5.84. The van der Waals surface area contributed by atoms with Crippen LogP contribution >= 0.6 is 0 Å². The number of ether oxygens (including phenoxy) is 4. The molecule has 1 aliphatic carbocycles. The lowest BCUT2D eigenvalue weighted by atomic mass is 10.0. The van der Waals surface area contributed by atoms with Gasteiger partial charge in [-0.2, -0.15) is 0 Å². The second-order valence-electron chi connectivity index (χ2n) is 7.04. The Balaban J connectivity index is 1.36. The van der Waals surface area contributed by atoms with E-state index in [0.717, 1.165) is 35.1 Å². The molecule has 5 heteroatoms. The minimum atomic E-state index is 0.311. The van der Waals surface area contributed by atoms with Crippen LogP contribution < -0.4 is 24.3 Å². The first-order chi connectivity index (χ1) is 12.9. The Morgan fingerprint density at radius 1 is 0.846 bits per heavy atom. The maximum Gasteiger partial charge on any atom is 0.165 e. The fraction of sp³-hybridized carbons (Fsp3) is 0.429. The van der Waals surface area contributed by atoms with E-state index in [4.69, 9.17) is 18.9 Å². The molecule has 0 aromatic heterocycles. The molecule has 0 saturated heterocycles. The normalized spacial score (nSPS) is 19.1. The van der Waals surface area contributed by atoms with Crippen LogP contribution in [0.1, 0.15) is 30.0 Å². The molecule has 5 nitrogen and oxygen atoms in total. The Kier molecular flexibility index (Phi) is 4.09. The lowest BCUT2D eigenvalue weighted by Gasteiger charge is -2.25. The van der Waals surface area contributed by atoms with Gasteiger partial charge < -0.3 is 24.3 Å². The van der Waals surface area contributed by atoms with Crippen molar-refractivity contribution in [1.82, 2.24) is 5.32 Å². The first-order valence-corrected chi connectivity index (χ1v) is 9.39. The number of nitrogens with one attached hydrogen (secondary N) is 1. The molecule has 1 fully saturated rings. The minimum absolute atomic E-state index is 0.311. The molecule has 1 atom stereocenters. The highest BCUT2D eigenvalue weighted by Gasteiger charge is 2.33.